The van der Waals surface area contributed by atoms with Crippen molar-refractivity contribution < 1.29 is 9.59 Å². The summed E-state index contributed by atoms with van der Waals surface area (Å²) in [5, 5.41) is 3.78. The second kappa shape index (κ2) is 7.99. The molecular weight excluding hydrogens is 335 g/mol. The minimum Gasteiger partial charge on any atom is -0.329 e. The van der Waals surface area contributed by atoms with Gasteiger partial charge in [0.05, 0.1) is 10.7 Å². The van der Waals surface area contributed by atoms with Gasteiger partial charge in [-0.25, -0.2) is 0 Å². The fraction of sp³-hybridized carbons (Fsp3) is 0.176. The Balaban J connectivity index is 2.01. The van der Waals surface area contributed by atoms with Gasteiger partial charge in [-0.1, -0.05) is 47.5 Å². The van der Waals surface area contributed by atoms with Crippen LogP contribution in [0, 0.1) is 0 Å². The smallest absolute Gasteiger partial charge is 0.244 e. The van der Waals surface area contributed by atoms with E-state index in [-0.39, 0.29) is 18.4 Å². The van der Waals surface area contributed by atoms with Crippen LogP contribution in [0.2, 0.25) is 10.0 Å². The van der Waals surface area contributed by atoms with Crippen molar-refractivity contribution in [2.45, 2.75) is 13.5 Å². The summed E-state index contributed by atoms with van der Waals surface area (Å²) < 4.78 is 0. The van der Waals surface area contributed by atoms with E-state index in [1.54, 1.807) is 36.4 Å². The Morgan fingerprint density at radius 2 is 1.70 bits per heavy atom. The Kier molecular flexibility index (Phi) is 6.02. The SMILES string of the molecule is CC(=O)N(CC(=O)Nc1ccccc1Cl)Cc1ccc(Cl)cc1. The van der Waals surface area contributed by atoms with Crippen LogP contribution >= 0.6 is 23.2 Å². The van der Waals surface area contributed by atoms with Crippen LogP contribution in [0.3, 0.4) is 0 Å². The summed E-state index contributed by atoms with van der Waals surface area (Å²) in [5.41, 5.74) is 1.42. The molecule has 6 heteroatoms. The second-order valence-corrected chi connectivity index (χ2v) is 5.87. The maximum atomic E-state index is 12.1. The zero-order valence-electron chi connectivity index (χ0n) is 12.6. The van der Waals surface area contributed by atoms with E-state index in [4.69, 9.17) is 23.2 Å². The van der Waals surface area contributed by atoms with Crippen LogP contribution in [0.25, 0.3) is 0 Å². The third-order valence-corrected chi connectivity index (χ3v) is 3.80. The molecule has 0 saturated carbocycles. The maximum Gasteiger partial charge on any atom is 0.244 e. The first kappa shape index (κ1) is 17.3. The normalized spacial score (nSPS) is 10.2. The highest BCUT2D eigenvalue weighted by Crippen LogP contribution is 2.20. The van der Waals surface area contributed by atoms with Crippen molar-refractivity contribution in [1.82, 2.24) is 4.90 Å². The molecule has 0 atom stereocenters. The van der Waals surface area contributed by atoms with Crippen LogP contribution in [0.1, 0.15) is 12.5 Å². The molecule has 1 N–H and O–H groups in total. The monoisotopic (exact) mass is 350 g/mol. The predicted octanol–water partition coefficient (Wildman–Crippen LogP) is 3.98. The van der Waals surface area contributed by atoms with Crippen molar-refractivity contribution in [3.8, 4) is 0 Å². The number of benzene rings is 2. The van der Waals surface area contributed by atoms with Crippen LogP contribution < -0.4 is 5.32 Å². The lowest BCUT2D eigenvalue weighted by molar-refractivity contribution is -0.133. The van der Waals surface area contributed by atoms with Gasteiger partial charge >= 0.3 is 0 Å². The summed E-state index contributed by atoms with van der Waals surface area (Å²) in [6.45, 7) is 1.71. The molecule has 2 amide bonds. The minimum atomic E-state index is -0.303. The van der Waals surface area contributed by atoms with Crippen LogP contribution in [-0.2, 0) is 16.1 Å². The van der Waals surface area contributed by atoms with Crippen LogP contribution in [0.4, 0.5) is 5.69 Å². The highest BCUT2D eigenvalue weighted by atomic mass is 35.5. The standard InChI is InChI=1S/C17H16Cl2N2O2/c1-12(22)21(10-13-6-8-14(18)9-7-13)11-17(23)20-16-5-3-2-4-15(16)19/h2-9H,10-11H2,1H3,(H,20,23). The molecule has 4 nitrogen and oxygen atoms in total. The van der Waals surface area contributed by atoms with Crippen molar-refractivity contribution in [2.24, 2.45) is 0 Å². The number of amides is 2. The minimum absolute atomic E-state index is 0.0524. The summed E-state index contributed by atoms with van der Waals surface area (Å²) in [7, 11) is 0. The lowest BCUT2D eigenvalue weighted by Crippen LogP contribution is -2.36. The van der Waals surface area contributed by atoms with Crippen molar-refractivity contribution in [1.29, 1.82) is 0 Å². The molecule has 23 heavy (non-hydrogen) atoms. The molecule has 0 unspecified atom stereocenters. The van der Waals surface area contributed by atoms with Gasteiger partial charge in [-0.2, -0.15) is 0 Å². The van der Waals surface area contributed by atoms with Gasteiger partial charge in [-0.3, -0.25) is 9.59 Å². The maximum absolute atomic E-state index is 12.1. The fourth-order valence-corrected chi connectivity index (χ4v) is 2.32. The van der Waals surface area contributed by atoms with Crippen molar-refractivity contribution in [2.75, 3.05) is 11.9 Å². The first-order chi connectivity index (χ1) is 11.0. The number of nitrogens with one attached hydrogen (secondary N) is 1. The average Bonchev–Trinajstić information content (AvgIpc) is 2.51. The lowest BCUT2D eigenvalue weighted by Gasteiger charge is -2.21. The molecule has 2 aromatic rings. The Hall–Kier alpha value is -2.04. The zero-order valence-corrected chi connectivity index (χ0v) is 14.1. The van der Waals surface area contributed by atoms with Gasteiger partial charge in [-0.15, -0.1) is 0 Å². The molecule has 0 aliphatic carbocycles. The van der Waals surface area contributed by atoms with Gasteiger partial charge in [0.1, 0.15) is 6.54 Å². The van der Waals surface area contributed by atoms with Crippen molar-refractivity contribution in [3.05, 3.63) is 64.1 Å². The lowest BCUT2D eigenvalue weighted by atomic mass is 10.2. The number of anilines is 1. The Bertz CT molecular complexity index is 702. The first-order valence-corrected chi connectivity index (χ1v) is 7.75. The van der Waals surface area contributed by atoms with Crippen LogP contribution in [0.5, 0.6) is 0 Å². The van der Waals surface area contributed by atoms with E-state index in [1.807, 2.05) is 12.1 Å². The number of nitrogens with zero attached hydrogens (tertiary/aromatic N) is 1. The summed E-state index contributed by atoms with van der Waals surface area (Å²) in [6, 6.07) is 14.1. The zero-order chi connectivity index (χ0) is 16.8. The number of halogens is 2. The largest absolute Gasteiger partial charge is 0.329 e. The first-order valence-electron chi connectivity index (χ1n) is 7.00. The van der Waals surface area contributed by atoms with Gasteiger partial charge in [0.25, 0.3) is 0 Å². The van der Waals surface area contributed by atoms with Gasteiger partial charge < -0.3 is 10.2 Å². The van der Waals surface area contributed by atoms with E-state index in [0.29, 0.717) is 22.3 Å². The number of para-hydroxylation sites is 1. The van der Waals surface area contributed by atoms with Gasteiger partial charge in [0.15, 0.2) is 0 Å². The number of hydrogen-bond donors (Lipinski definition) is 1. The quantitative estimate of drug-likeness (QED) is 0.886. The van der Waals surface area contributed by atoms with E-state index < -0.39 is 0 Å². The van der Waals surface area contributed by atoms with Crippen LogP contribution in [-0.4, -0.2) is 23.3 Å². The van der Waals surface area contributed by atoms with E-state index in [2.05, 4.69) is 5.32 Å². The van der Waals surface area contributed by atoms with Gasteiger partial charge in [0.2, 0.25) is 11.8 Å². The number of hydrogen-bond acceptors (Lipinski definition) is 2. The predicted molar refractivity (Wildman–Crippen MR) is 92.6 cm³/mol. The van der Waals surface area contributed by atoms with E-state index in [1.165, 1.54) is 11.8 Å². The third-order valence-electron chi connectivity index (χ3n) is 3.21. The average molecular weight is 351 g/mol. The molecule has 0 aliphatic heterocycles. The topological polar surface area (TPSA) is 49.4 Å². The Morgan fingerprint density at radius 1 is 1.04 bits per heavy atom. The number of rotatable bonds is 5. The number of carbonyl (C=O) groups excluding carboxylic acids is 2. The molecule has 0 saturated heterocycles. The highest BCUT2D eigenvalue weighted by Gasteiger charge is 2.15. The summed E-state index contributed by atoms with van der Waals surface area (Å²) in [4.78, 5) is 25.4. The van der Waals surface area contributed by atoms with Gasteiger partial charge in [0, 0.05) is 18.5 Å². The van der Waals surface area contributed by atoms with Crippen LogP contribution in [0.15, 0.2) is 48.5 Å². The number of carbonyl (C=O) groups is 2. The van der Waals surface area contributed by atoms with Crippen molar-refractivity contribution >= 4 is 40.7 Å². The molecular formula is C17H16Cl2N2O2. The molecule has 0 fully saturated rings. The molecule has 0 aromatic heterocycles. The molecule has 0 spiro atoms. The van der Waals surface area contributed by atoms with E-state index in [9.17, 15) is 9.59 Å². The van der Waals surface area contributed by atoms with Crippen molar-refractivity contribution in [3.63, 3.8) is 0 Å². The summed E-state index contributed by atoms with van der Waals surface area (Å²) in [6.07, 6.45) is 0. The molecule has 0 aliphatic rings. The van der Waals surface area contributed by atoms with Gasteiger partial charge in [-0.05, 0) is 29.8 Å². The van der Waals surface area contributed by atoms with E-state index in [0.717, 1.165) is 5.56 Å². The Morgan fingerprint density at radius 3 is 2.30 bits per heavy atom. The summed E-state index contributed by atoms with van der Waals surface area (Å²) in [5.74, 6) is -0.489. The fourth-order valence-electron chi connectivity index (χ4n) is 2.01. The second-order valence-electron chi connectivity index (χ2n) is 5.03. The molecule has 2 rings (SSSR count). The Labute approximate surface area is 145 Å². The molecule has 0 bridgehead atoms. The highest BCUT2D eigenvalue weighted by molar-refractivity contribution is 6.33. The molecule has 0 heterocycles. The molecule has 0 radical (unpaired) electrons. The third kappa shape index (κ3) is 5.27. The molecule has 120 valence electrons. The molecule has 2 aromatic carbocycles. The summed E-state index contributed by atoms with van der Waals surface area (Å²) >= 11 is 11.8. The van der Waals surface area contributed by atoms with E-state index >= 15 is 0 Å².